The Labute approximate surface area is 187 Å². The number of aryl methyl sites for hydroxylation is 1. The number of thiocarbonyl (C=S) groups is 1. The van der Waals surface area contributed by atoms with Gasteiger partial charge in [0.25, 0.3) is 0 Å². The van der Waals surface area contributed by atoms with Gasteiger partial charge in [-0.1, -0.05) is 51.9 Å². The van der Waals surface area contributed by atoms with Crippen molar-refractivity contribution in [3.63, 3.8) is 0 Å². The molecule has 2 aliphatic carbocycles. The van der Waals surface area contributed by atoms with Crippen molar-refractivity contribution in [2.45, 2.75) is 72.8 Å². The predicted octanol–water partition coefficient (Wildman–Crippen LogP) is 7.59. The minimum absolute atomic E-state index is 0.0274. The number of hydrogen-bond acceptors (Lipinski definition) is 4. The number of hydrogen-bond donors (Lipinski definition) is 0. The van der Waals surface area contributed by atoms with Crippen LogP contribution < -0.4 is 4.74 Å². The van der Waals surface area contributed by atoms with Crippen molar-refractivity contribution in [3.05, 3.63) is 29.3 Å². The monoisotopic (exact) mass is 434 g/mol. The van der Waals surface area contributed by atoms with E-state index < -0.39 is 0 Å². The molecule has 0 bridgehead atoms. The van der Waals surface area contributed by atoms with E-state index in [1.807, 2.05) is 6.26 Å². The van der Waals surface area contributed by atoms with E-state index in [-0.39, 0.29) is 11.5 Å². The molecule has 2 aliphatic rings. The topological polar surface area (TPSA) is 18.5 Å². The van der Waals surface area contributed by atoms with Crippen LogP contribution in [0.1, 0.15) is 77.0 Å². The Kier molecular flexibility index (Phi) is 6.95. The standard InChI is InChI=1S/C25H38O2S2/c1-16-13-18(15-19(14-16)26-6)22(27-23(28)29-7)21-17(2)9-10-20-24(3,4)11-8-12-25(20,21)5/h13-15,17,20-22H,8-12H2,1-7H3. The predicted molar refractivity (Wildman–Crippen MR) is 129 cm³/mol. The Balaban J connectivity index is 2.10. The van der Waals surface area contributed by atoms with Crippen LogP contribution in [0.5, 0.6) is 5.75 Å². The lowest BCUT2D eigenvalue weighted by Gasteiger charge is -2.60. The Bertz CT molecular complexity index is 744. The molecule has 0 radical (unpaired) electrons. The lowest BCUT2D eigenvalue weighted by Crippen LogP contribution is -2.53. The smallest absolute Gasteiger partial charge is 0.220 e. The molecule has 0 amide bonds. The first kappa shape index (κ1) is 22.9. The summed E-state index contributed by atoms with van der Waals surface area (Å²) in [5.74, 6) is 2.67. The van der Waals surface area contributed by atoms with Crippen LogP contribution in [0.25, 0.3) is 0 Å². The molecule has 0 aliphatic heterocycles. The molecule has 0 aromatic heterocycles. The van der Waals surface area contributed by atoms with Gasteiger partial charge in [0.2, 0.25) is 4.38 Å². The van der Waals surface area contributed by atoms with Crippen LogP contribution in [0.4, 0.5) is 0 Å². The summed E-state index contributed by atoms with van der Waals surface area (Å²) in [7, 11) is 1.74. The zero-order valence-electron chi connectivity index (χ0n) is 19.2. The lowest BCUT2D eigenvalue weighted by atomic mass is 9.45. The first-order chi connectivity index (χ1) is 13.6. The van der Waals surface area contributed by atoms with E-state index >= 15 is 0 Å². The van der Waals surface area contributed by atoms with Crippen LogP contribution in [0.15, 0.2) is 18.2 Å². The third kappa shape index (κ3) is 4.49. The fourth-order valence-corrected chi connectivity index (χ4v) is 7.05. The molecule has 1 aromatic rings. The van der Waals surface area contributed by atoms with E-state index in [1.54, 1.807) is 7.11 Å². The van der Waals surface area contributed by atoms with Crippen molar-refractivity contribution in [3.8, 4) is 5.75 Å². The molecule has 2 fully saturated rings. The van der Waals surface area contributed by atoms with Crippen molar-refractivity contribution in [2.75, 3.05) is 13.4 Å². The van der Waals surface area contributed by atoms with Crippen LogP contribution in [0.3, 0.4) is 0 Å². The molecular weight excluding hydrogens is 396 g/mol. The molecule has 0 spiro atoms. The van der Waals surface area contributed by atoms with Crippen LogP contribution in [0.2, 0.25) is 0 Å². The average Bonchev–Trinajstić information content (AvgIpc) is 2.65. The van der Waals surface area contributed by atoms with Crippen molar-refractivity contribution >= 4 is 28.4 Å². The van der Waals surface area contributed by atoms with Gasteiger partial charge in [-0.15, -0.1) is 0 Å². The molecule has 0 heterocycles. The molecule has 2 saturated carbocycles. The molecule has 0 N–H and O–H groups in total. The van der Waals surface area contributed by atoms with Crippen molar-refractivity contribution in [1.82, 2.24) is 0 Å². The van der Waals surface area contributed by atoms with Gasteiger partial charge in [0.15, 0.2) is 0 Å². The van der Waals surface area contributed by atoms with Crippen LogP contribution in [-0.4, -0.2) is 17.7 Å². The quantitative estimate of drug-likeness (QED) is 0.454. The fourth-order valence-electron chi connectivity index (χ4n) is 6.75. The highest BCUT2D eigenvalue weighted by molar-refractivity contribution is 8.22. The summed E-state index contributed by atoms with van der Waals surface area (Å²) in [5, 5.41) is 0. The van der Waals surface area contributed by atoms with E-state index in [4.69, 9.17) is 21.7 Å². The van der Waals surface area contributed by atoms with Gasteiger partial charge >= 0.3 is 0 Å². The van der Waals surface area contributed by atoms with E-state index in [0.29, 0.717) is 21.6 Å². The maximum Gasteiger partial charge on any atom is 0.220 e. The highest BCUT2D eigenvalue weighted by atomic mass is 32.2. The molecule has 5 unspecified atom stereocenters. The highest BCUT2D eigenvalue weighted by Gasteiger charge is 2.56. The number of fused-ring (bicyclic) bond motifs is 1. The summed E-state index contributed by atoms with van der Waals surface area (Å²) in [6.45, 7) is 12.1. The van der Waals surface area contributed by atoms with Gasteiger partial charge in [-0.25, -0.2) is 0 Å². The van der Waals surface area contributed by atoms with E-state index in [9.17, 15) is 0 Å². The van der Waals surface area contributed by atoms with Gasteiger partial charge in [0.05, 0.1) is 7.11 Å². The third-order valence-electron chi connectivity index (χ3n) is 7.91. The van der Waals surface area contributed by atoms with Gasteiger partial charge in [0.1, 0.15) is 11.9 Å². The lowest BCUT2D eigenvalue weighted by molar-refractivity contribution is -0.130. The maximum absolute atomic E-state index is 6.57. The first-order valence-corrected chi connectivity index (χ1v) is 12.7. The van der Waals surface area contributed by atoms with Gasteiger partial charge in [-0.05, 0) is 97.0 Å². The van der Waals surface area contributed by atoms with Gasteiger partial charge in [-0.3, -0.25) is 0 Å². The number of ether oxygens (including phenoxy) is 2. The maximum atomic E-state index is 6.57. The van der Waals surface area contributed by atoms with Gasteiger partial charge < -0.3 is 9.47 Å². The first-order valence-electron chi connectivity index (χ1n) is 11.0. The van der Waals surface area contributed by atoms with Gasteiger partial charge in [-0.2, -0.15) is 0 Å². The molecular formula is C25H38O2S2. The Morgan fingerprint density at radius 2 is 1.90 bits per heavy atom. The number of benzene rings is 1. The Hall–Kier alpha value is -0.740. The minimum atomic E-state index is -0.0274. The van der Waals surface area contributed by atoms with E-state index in [1.165, 1.54) is 55.0 Å². The second-order valence-corrected chi connectivity index (χ2v) is 11.7. The summed E-state index contributed by atoms with van der Waals surface area (Å²) in [6.07, 6.45) is 8.50. The normalized spacial score (nSPS) is 32.2. The van der Waals surface area contributed by atoms with Crippen molar-refractivity contribution in [1.29, 1.82) is 0 Å². The zero-order valence-corrected chi connectivity index (χ0v) is 20.8. The summed E-state index contributed by atoms with van der Waals surface area (Å²) in [6, 6.07) is 6.52. The molecule has 162 valence electrons. The second-order valence-electron chi connectivity index (χ2n) is 10.3. The summed E-state index contributed by atoms with van der Waals surface area (Å²) in [5.41, 5.74) is 3.06. The summed E-state index contributed by atoms with van der Waals surface area (Å²) in [4.78, 5) is 0. The zero-order chi connectivity index (χ0) is 21.4. The Morgan fingerprint density at radius 3 is 2.55 bits per heavy atom. The van der Waals surface area contributed by atoms with Crippen LogP contribution in [0, 0.1) is 35.5 Å². The molecule has 5 atom stereocenters. The number of thioether (sulfide) groups is 1. The summed E-state index contributed by atoms with van der Waals surface area (Å²) < 4.78 is 12.8. The highest BCUT2D eigenvalue weighted by Crippen LogP contribution is 2.64. The molecule has 29 heavy (non-hydrogen) atoms. The number of rotatable bonds is 4. The number of methoxy groups -OCH3 is 1. The second kappa shape index (κ2) is 8.78. The van der Waals surface area contributed by atoms with E-state index in [2.05, 4.69) is 52.8 Å². The largest absolute Gasteiger partial charge is 0.497 e. The van der Waals surface area contributed by atoms with Crippen LogP contribution in [-0.2, 0) is 4.74 Å². The van der Waals surface area contributed by atoms with Crippen molar-refractivity contribution < 1.29 is 9.47 Å². The SMILES string of the molecule is COc1cc(C)cc(C(OC(=S)SC)C2C(C)CCC3C(C)(C)CCCC23C)c1. The van der Waals surface area contributed by atoms with E-state index in [0.717, 1.165) is 11.7 Å². The minimum Gasteiger partial charge on any atom is -0.497 e. The fraction of sp³-hybridized carbons (Fsp3) is 0.720. The molecule has 4 heteroatoms. The third-order valence-corrected chi connectivity index (χ3v) is 8.94. The molecule has 0 saturated heterocycles. The Morgan fingerprint density at radius 1 is 1.17 bits per heavy atom. The average molecular weight is 435 g/mol. The van der Waals surface area contributed by atoms with Gasteiger partial charge in [0, 0.05) is 5.92 Å². The molecule has 3 rings (SSSR count). The molecule has 2 nitrogen and oxygen atoms in total. The summed E-state index contributed by atoms with van der Waals surface area (Å²) >= 11 is 7.10. The molecule has 1 aromatic carbocycles. The van der Waals surface area contributed by atoms with Crippen LogP contribution >= 0.6 is 24.0 Å². The van der Waals surface area contributed by atoms with Crippen molar-refractivity contribution in [2.24, 2.45) is 28.6 Å².